The highest BCUT2D eigenvalue weighted by molar-refractivity contribution is 7.14. The zero-order valence-electron chi connectivity index (χ0n) is 14.3. The van der Waals surface area contributed by atoms with E-state index < -0.39 is 5.91 Å². The number of nitrogens with zero attached hydrogens (tertiary/aromatic N) is 1. The number of hydrogen-bond acceptors (Lipinski definition) is 6. The third-order valence-electron chi connectivity index (χ3n) is 3.53. The van der Waals surface area contributed by atoms with Crippen molar-refractivity contribution < 1.29 is 18.8 Å². The molecular weight excluding hydrogens is 368 g/mol. The van der Waals surface area contributed by atoms with Crippen molar-refractivity contribution in [1.82, 2.24) is 10.3 Å². The Morgan fingerprint density at radius 3 is 2.63 bits per heavy atom. The molecule has 0 spiro atoms. The Labute approximate surface area is 158 Å². The van der Waals surface area contributed by atoms with Crippen LogP contribution in [0.2, 0.25) is 0 Å². The summed E-state index contributed by atoms with van der Waals surface area (Å²) < 4.78 is 5.01. The average molecular weight is 384 g/mol. The summed E-state index contributed by atoms with van der Waals surface area (Å²) in [6.45, 7) is 0. The molecule has 0 saturated heterocycles. The number of carbonyl (C=O) groups excluding carboxylic acids is 3. The van der Waals surface area contributed by atoms with Crippen LogP contribution in [0.4, 0.5) is 10.8 Å². The Bertz CT molecular complexity index is 965. The molecule has 2 heterocycles. The highest BCUT2D eigenvalue weighted by Gasteiger charge is 2.15. The van der Waals surface area contributed by atoms with Gasteiger partial charge in [-0.25, -0.2) is 4.98 Å². The van der Waals surface area contributed by atoms with Crippen molar-refractivity contribution in [2.75, 3.05) is 17.7 Å². The summed E-state index contributed by atoms with van der Waals surface area (Å²) in [6, 6.07) is 9.88. The number of para-hydroxylation sites is 1. The smallest absolute Gasteiger partial charge is 0.293 e. The van der Waals surface area contributed by atoms with Gasteiger partial charge in [0.25, 0.3) is 11.8 Å². The molecule has 1 aromatic carbocycles. The van der Waals surface area contributed by atoms with E-state index in [2.05, 4.69) is 20.9 Å². The maximum absolute atomic E-state index is 12.3. The second-order valence-corrected chi connectivity index (χ2v) is 6.28. The van der Waals surface area contributed by atoms with Gasteiger partial charge in [0.05, 0.1) is 29.6 Å². The summed E-state index contributed by atoms with van der Waals surface area (Å²) in [5, 5.41) is 9.90. The first-order valence-corrected chi connectivity index (χ1v) is 8.85. The molecule has 9 heteroatoms. The standard InChI is InChI=1S/C18H16N4O4S/c1-19-16(24)12-5-2-3-6-13(12)21-15(23)9-11-10-27-18(20-11)22-17(25)14-7-4-8-26-14/h2-8,10H,9H2,1H3,(H,19,24)(H,21,23)(H,20,22,25). The van der Waals surface area contributed by atoms with E-state index in [4.69, 9.17) is 4.42 Å². The largest absolute Gasteiger partial charge is 0.459 e. The second-order valence-electron chi connectivity index (χ2n) is 5.43. The highest BCUT2D eigenvalue weighted by atomic mass is 32.1. The Hall–Kier alpha value is -3.46. The molecular formula is C18H16N4O4S. The minimum absolute atomic E-state index is 0.00913. The Balaban J connectivity index is 1.62. The minimum atomic E-state index is -0.412. The van der Waals surface area contributed by atoms with Gasteiger partial charge in [0.1, 0.15) is 0 Å². The topological polar surface area (TPSA) is 113 Å². The van der Waals surface area contributed by atoms with E-state index in [1.807, 2.05) is 0 Å². The lowest BCUT2D eigenvalue weighted by Gasteiger charge is -2.09. The number of amides is 3. The van der Waals surface area contributed by atoms with Gasteiger partial charge < -0.3 is 15.1 Å². The number of anilines is 2. The monoisotopic (exact) mass is 384 g/mol. The Morgan fingerprint density at radius 2 is 1.89 bits per heavy atom. The molecule has 3 aromatic rings. The molecule has 0 aliphatic rings. The van der Waals surface area contributed by atoms with Crippen molar-refractivity contribution in [2.45, 2.75) is 6.42 Å². The molecule has 138 valence electrons. The zero-order chi connectivity index (χ0) is 19.2. The molecule has 27 heavy (non-hydrogen) atoms. The lowest BCUT2D eigenvalue weighted by atomic mass is 10.1. The van der Waals surface area contributed by atoms with E-state index in [1.54, 1.807) is 41.8 Å². The summed E-state index contributed by atoms with van der Waals surface area (Å²) in [5.41, 5.74) is 1.30. The first-order valence-electron chi connectivity index (χ1n) is 7.97. The van der Waals surface area contributed by atoms with E-state index in [9.17, 15) is 14.4 Å². The van der Waals surface area contributed by atoms with Crippen LogP contribution in [0.25, 0.3) is 0 Å². The van der Waals surface area contributed by atoms with Crippen LogP contribution in [0.15, 0.2) is 52.5 Å². The van der Waals surface area contributed by atoms with E-state index in [-0.39, 0.29) is 24.0 Å². The lowest BCUT2D eigenvalue weighted by molar-refractivity contribution is -0.115. The quantitative estimate of drug-likeness (QED) is 0.604. The van der Waals surface area contributed by atoms with Crippen molar-refractivity contribution in [3.8, 4) is 0 Å². The molecule has 0 saturated carbocycles. The first-order chi connectivity index (χ1) is 13.1. The van der Waals surface area contributed by atoms with Crippen LogP contribution in [0.5, 0.6) is 0 Å². The number of aromatic nitrogens is 1. The number of nitrogens with one attached hydrogen (secondary N) is 3. The van der Waals surface area contributed by atoms with Gasteiger partial charge in [-0.2, -0.15) is 0 Å². The maximum atomic E-state index is 12.3. The predicted molar refractivity (Wildman–Crippen MR) is 101 cm³/mol. The van der Waals surface area contributed by atoms with Gasteiger partial charge in [-0.3, -0.25) is 19.7 Å². The lowest BCUT2D eigenvalue weighted by Crippen LogP contribution is -2.22. The number of benzene rings is 1. The van der Waals surface area contributed by atoms with E-state index in [0.29, 0.717) is 22.1 Å². The molecule has 0 unspecified atom stereocenters. The number of furan rings is 1. The zero-order valence-corrected chi connectivity index (χ0v) is 15.1. The van der Waals surface area contributed by atoms with Gasteiger partial charge in [-0.1, -0.05) is 12.1 Å². The van der Waals surface area contributed by atoms with Crippen molar-refractivity contribution in [1.29, 1.82) is 0 Å². The summed E-state index contributed by atoms with van der Waals surface area (Å²) in [7, 11) is 1.52. The molecule has 0 radical (unpaired) electrons. The first kappa shape index (κ1) is 18.3. The van der Waals surface area contributed by atoms with Crippen LogP contribution in [-0.4, -0.2) is 29.8 Å². The van der Waals surface area contributed by atoms with Gasteiger partial charge in [-0.15, -0.1) is 11.3 Å². The van der Waals surface area contributed by atoms with E-state index in [0.717, 1.165) is 0 Å². The normalized spacial score (nSPS) is 10.3. The van der Waals surface area contributed by atoms with Crippen molar-refractivity contribution in [3.63, 3.8) is 0 Å². The maximum Gasteiger partial charge on any atom is 0.293 e. The van der Waals surface area contributed by atoms with E-state index >= 15 is 0 Å². The molecule has 3 rings (SSSR count). The van der Waals surface area contributed by atoms with Gasteiger partial charge in [0.2, 0.25) is 5.91 Å². The van der Waals surface area contributed by atoms with Crippen LogP contribution in [0.3, 0.4) is 0 Å². The third kappa shape index (κ3) is 4.59. The number of rotatable bonds is 6. The minimum Gasteiger partial charge on any atom is -0.459 e. The number of carbonyl (C=O) groups is 3. The fourth-order valence-electron chi connectivity index (χ4n) is 2.30. The molecule has 0 aliphatic heterocycles. The summed E-state index contributed by atoms with van der Waals surface area (Å²) in [5.74, 6) is -0.844. The molecule has 2 aromatic heterocycles. The summed E-state index contributed by atoms with van der Waals surface area (Å²) >= 11 is 1.21. The molecule has 0 aliphatic carbocycles. The highest BCUT2D eigenvalue weighted by Crippen LogP contribution is 2.19. The van der Waals surface area contributed by atoms with Crippen molar-refractivity contribution in [2.24, 2.45) is 0 Å². The summed E-state index contributed by atoms with van der Waals surface area (Å²) in [6.07, 6.45) is 1.42. The molecule has 3 amide bonds. The number of hydrogen-bond donors (Lipinski definition) is 3. The van der Waals surface area contributed by atoms with Crippen molar-refractivity contribution in [3.05, 3.63) is 65.1 Å². The average Bonchev–Trinajstić information content (AvgIpc) is 3.33. The van der Waals surface area contributed by atoms with Crippen LogP contribution in [0.1, 0.15) is 26.6 Å². The van der Waals surface area contributed by atoms with Crippen LogP contribution in [0, 0.1) is 0 Å². The van der Waals surface area contributed by atoms with Crippen LogP contribution >= 0.6 is 11.3 Å². The molecule has 0 bridgehead atoms. The Morgan fingerprint density at radius 1 is 1.07 bits per heavy atom. The SMILES string of the molecule is CNC(=O)c1ccccc1NC(=O)Cc1csc(NC(=O)c2ccco2)n1. The third-order valence-corrected chi connectivity index (χ3v) is 4.34. The molecule has 0 atom stereocenters. The van der Waals surface area contributed by atoms with Crippen molar-refractivity contribution >= 4 is 39.9 Å². The van der Waals surface area contributed by atoms with Crippen LogP contribution in [-0.2, 0) is 11.2 Å². The fourth-order valence-corrected chi connectivity index (χ4v) is 3.00. The Kier molecular flexibility index (Phi) is 5.62. The van der Waals surface area contributed by atoms with E-state index in [1.165, 1.54) is 24.6 Å². The summed E-state index contributed by atoms with van der Waals surface area (Å²) in [4.78, 5) is 40.3. The molecule has 3 N–H and O–H groups in total. The van der Waals surface area contributed by atoms with Gasteiger partial charge in [-0.05, 0) is 24.3 Å². The van der Waals surface area contributed by atoms with Gasteiger partial charge >= 0.3 is 0 Å². The molecule has 8 nitrogen and oxygen atoms in total. The fraction of sp³-hybridized carbons (Fsp3) is 0.111. The van der Waals surface area contributed by atoms with Gasteiger partial charge in [0, 0.05) is 12.4 Å². The van der Waals surface area contributed by atoms with Gasteiger partial charge in [0.15, 0.2) is 10.9 Å². The van der Waals surface area contributed by atoms with Crippen LogP contribution < -0.4 is 16.0 Å². The number of thiazole rings is 1. The molecule has 0 fully saturated rings. The predicted octanol–water partition coefficient (Wildman–Crippen LogP) is 2.53. The second kappa shape index (κ2) is 8.28.